The van der Waals surface area contributed by atoms with Gasteiger partial charge in [0.05, 0.1) is 5.92 Å². The first-order valence-corrected chi connectivity index (χ1v) is 9.39. The van der Waals surface area contributed by atoms with Gasteiger partial charge >= 0.3 is 5.97 Å². The number of carbonyl (C=O) groups is 2. The van der Waals surface area contributed by atoms with E-state index in [4.69, 9.17) is 16.3 Å². The average molecular weight is 383 g/mol. The van der Waals surface area contributed by atoms with Gasteiger partial charge in [0.2, 0.25) is 0 Å². The summed E-state index contributed by atoms with van der Waals surface area (Å²) in [6, 6.07) is 3.59. The van der Waals surface area contributed by atoms with Crippen LogP contribution in [0.25, 0.3) is 0 Å². The first-order valence-electron chi connectivity index (χ1n) is 9.01. The van der Waals surface area contributed by atoms with Gasteiger partial charge in [-0.15, -0.1) is 10.2 Å². The number of ether oxygens (including phenoxy) is 1. The van der Waals surface area contributed by atoms with Crippen LogP contribution in [0.4, 0.5) is 5.82 Å². The van der Waals surface area contributed by atoms with Crippen LogP contribution in [0.15, 0.2) is 12.1 Å². The lowest BCUT2D eigenvalue weighted by atomic mass is 9.98. The van der Waals surface area contributed by atoms with E-state index in [1.54, 1.807) is 17.0 Å². The molecule has 0 aromatic carbocycles. The maximum absolute atomic E-state index is 12.4. The predicted octanol–water partition coefficient (Wildman–Crippen LogP) is 2.54. The maximum atomic E-state index is 12.4. The Kier molecular flexibility index (Phi) is 7.20. The molecule has 0 N–H and O–H groups in total. The van der Waals surface area contributed by atoms with Crippen LogP contribution in [0, 0.1) is 5.92 Å². The molecule has 1 aliphatic rings. The van der Waals surface area contributed by atoms with Crippen LogP contribution >= 0.6 is 11.6 Å². The summed E-state index contributed by atoms with van der Waals surface area (Å²) in [4.78, 5) is 28.5. The zero-order chi connectivity index (χ0) is 19.3. The van der Waals surface area contributed by atoms with Gasteiger partial charge in [-0.1, -0.05) is 11.6 Å². The monoisotopic (exact) mass is 382 g/mol. The second-order valence-electron chi connectivity index (χ2n) is 7.10. The molecule has 7 nitrogen and oxygen atoms in total. The normalized spacial score (nSPS) is 17.5. The van der Waals surface area contributed by atoms with Gasteiger partial charge in [-0.05, 0) is 52.7 Å². The summed E-state index contributed by atoms with van der Waals surface area (Å²) in [5.41, 5.74) is 0. The highest BCUT2D eigenvalue weighted by Crippen LogP contribution is 2.22. The van der Waals surface area contributed by atoms with E-state index in [1.807, 2.05) is 32.6 Å². The van der Waals surface area contributed by atoms with Crippen molar-refractivity contribution in [3.63, 3.8) is 0 Å². The molecule has 2 rings (SSSR count). The number of nitrogens with zero attached hydrogens (tertiary/aromatic N) is 4. The Hall–Kier alpha value is -1.89. The van der Waals surface area contributed by atoms with E-state index in [-0.39, 0.29) is 36.5 Å². The van der Waals surface area contributed by atoms with Crippen molar-refractivity contribution in [3.8, 4) is 0 Å². The molecule has 1 aliphatic heterocycles. The quantitative estimate of drug-likeness (QED) is 0.704. The van der Waals surface area contributed by atoms with Gasteiger partial charge < -0.3 is 14.5 Å². The van der Waals surface area contributed by atoms with Crippen molar-refractivity contribution in [2.75, 3.05) is 24.6 Å². The molecular formula is C18H27ClN4O3. The number of piperidine rings is 1. The number of aromatic nitrogens is 2. The highest BCUT2D eigenvalue weighted by molar-refractivity contribution is 6.29. The minimum atomic E-state index is -0.336. The predicted molar refractivity (Wildman–Crippen MR) is 100 cm³/mol. The molecule has 0 radical (unpaired) electrons. The van der Waals surface area contributed by atoms with Crippen molar-refractivity contribution < 1.29 is 14.3 Å². The molecule has 0 unspecified atom stereocenters. The Balaban J connectivity index is 1.90. The number of hydrogen-bond acceptors (Lipinski definition) is 6. The number of halogens is 1. The van der Waals surface area contributed by atoms with E-state index in [1.165, 1.54) is 0 Å². The van der Waals surface area contributed by atoms with E-state index in [2.05, 4.69) is 10.2 Å². The Morgan fingerprint density at radius 1 is 1.27 bits per heavy atom. The smallest absolute Gasteiger partial charge is 0.311 e. The lowest BCUT2D eigenvalue weighted by Crippen LogP contribution is -2.45. The standard InChI is InChI=1S/C18H27ClN4O3/c1-12(2)23(13(3)4)17(24)11-26-18(25)14-6-5-9-22(10-14)16-8-7-15(19)20-21-16/h7-8,12-14H,5-6,9-11H2,1-4H3/t14-/m0/s1. The molecule has 1 amide bonds. The number of esters is 1. The van der Waals surface area contributed by atoms with Gasteiger partial charge in [0.15, 0.2) is 17.6 Å². The van der Waals surface area contributed by atoms with Crippen molar-refractivity contribution in [3.05, 3.63) is 17.3 Å². The van der Waals surface area contributed by atoms with Gasteiger partial charge in [-0.3, -0.25) is 9.59 Å². The molecule has 0 bridgehead atoms. The van der Waals surface area contributed by atoms with Crippen LogP contribution in [-0.4, -0.2) is 58.8 Å². The van der Waals surface area contributed by atoms with E-state index >= 15 is 0 Å². The lowest BCUT2D eigenvalue weighted by Gasteiger charge is -2.33. The third-order valence-corrected chi connectivity index (χ3v) is 4.64. The topological polar surface area (TPSA) is 75.6 Å². The Labute approximate surface area is 159 Å². The van der Waals surface area contributed by atoms with Crippen LogP contribution in [0.2, 0.25) is 5.15 Å². The third kappa shape index (κ3) is 5.30. The van der Waals surface area contributed by atoms with Crippen molar-refractivity contribution in [2.45, 2.75) is 52.6 Å². The lowest BCUT2D eigenvalue weighted by molar-refractivity contribution is -0.157. The Morgan fingerprint density at radius 2 is 1.96 bits per heavy atom. The summed E-state index contributed by atoms with van der Waals surface area (Å²) in [5, 5.41) is 8.24. The molecule has 1 saturated heterocycles. The van der Waals surface area contributed by atoms with Gasteiger partial charge in [0, 0.05) is 25.2 Å². The van der Waals surface area contributed by atoms with Gasteiger partial charge in [0.25, 0.3) is 5.91 Å². The maximum Gasteiger partial charge on any atom is 0.311 e. The van der Waals surface area contributed by atoms with Crippen molar-refractivity contribution in [1.29, 1.82) is 0 Å². The molecular weight excluding hydrogens is 356 g/mol. The second kappa shape index (κ2) is 9.16. The van der Waals surface area contributed by atoms with Crippen molar-refractivity contribution in [1.82, 2.24) is 15.1 Å². The van der Waals surface area contributed by atoms with E-state index in [0.29, 0.717) is 17.5 Å². The minimum Gasteiger partial charge on any atom is -0.455 e. The molecule has 0 spiro atoms. The molecule has 0 aliphatic carbocycles. The summed E-state index contributed by atoms with van der Waals surface area (Å²) in [5.74, 6) is -0.0913. The zero-order valence-corrected chi connectivity index (χ0v) is 16.6. The molecule has 1 atom stereocenters. The molecule has 1 aromatic rings. The highest BCUT2D eigenvalue weighted by atomic mass is 35.5. The minimum absolute atomic E-state index is 0.0647. The third-order valence-electron chi connectivity index (χ3n) is 4.44. The summed E-state index contributed by atoms with van der Waals surface area (Å²) in [6.45, 7) is 8.89. The fraction of sp³-hybridized carbons (Fsp3) is 0.667. The summed E-state index contributed by atoms with van der Waals surface area (Å²) < 4.78 is 5.31. The number of hydrogen-bond donors (Lipinski definition) is 0. The average Bonchev–Trinajstić information content (AvgIpc) is 2.59. The molecule has 144 valence electrons. The fourth-order valence-electron chi connectivity index (χ4n) is 3.35. The SMILES string of the molecule is CC(C)N(C(=O)COC(=O)[C@H]1CCCN(c2ccc(Cl)nn2)C1)C(C)C. The number of rotatable bonds is 6. The largest absolute Gasteiger partial charge is 0.455 e. The van der Waals surface area contributed by atoms with Gasteiger partial charge in [-0.25, -0.2) is 0 Å². The number of carbonyl (C=O) groups excluding carboxylic acids is 2. The first-order chi connectivity index (χ1) is 12.3. The second-order valence-corrected chi connectivity index (χ2v) is 7.48. The Bertz CT molecular complexity index is 613. The fourth-order valence-corrected chi connectivity index (χ4v) is 3.45. The molecule has 0 saturated carbocycles. The zero-order valence-electron chi connectivity index (χ0n) is 15.8. The van der Waals surface area contributed by atoms with E-state index < -0.39 is 0 Å². The van der Waals surface area contributed by atoms with Crippen molar-refractivity contribution >= 4 is 29.3 Å². The van der Waals surface area contributed by atoms with Crippen LogP contribution in [0.1, 0.15) is 40.5 Å². The molecule has 8 heteroatoms. The van der Waals surface area contributed by atoms with Crippen LogP contribution in [-0.2, 0) is 14.3 Å². The Morgan fingerprint density at radius 3 is 2.54 bits per heavy atom. The molecule has 2 heterocycles. The first kappa shape index (κ1) is 20.4. The summed E-state index contributed by atoms with van der Waals surface area (Å²) >= 11 is 5.77. The molecule has 1 fully saturated rings. The van der Waals surface area contributed by atoms with E-state index in [9.17, 15) is 9.59 Å². The van der Waals surface area contributed by atoms with Crippen LogP contribution < -0.4 is 4.90 Å². The van der Waals surface area contributed by atoms with E-state index in [0.717, 1.165) is 19.4 Å². The molecule has 1 aromatic heterocycles. The number of anilines is 1. The molecule has 26 heavy (non-hydrogen) atoms. The van der Waals surface area contributed by atoms with Gasteiger partial charge in [-0.2, -0.15) is 0 Å². The number of amides is 1. The summed E-state index contributed by atoms with van der Waals surface area (Å²) in [7, 11) is 0. The van der Waals surface area contributed by atoms with Gasteiger partial charge in [0.1, 0.15) is 0 Å². The highest BCUT2D eigenvalue weighted by Gasteiger charge is 2.29. The van der Waals surface area contributed by atoms with Crippen LogP contribution in [0.3, 0.4) is 0 Å². The van der Waals surface area contributed by atoms with Crippen molar-refractivity contribution in [2.24, 2.45) is 5.92 Å². The van der Waals surface area contributed by atoms with Crippen LogP contribution in [0.5, 0.6) is 0 Å². The summed E-state index contributed by atoms with van der Waals surface area (Å²) in [6.07, 6.45) is 1.59.